The lowest BCUT2D eigenvalue weighted by Crippen LogP contribution is -2.30. The summed E-state index contributed by atoms with van der Waals surface area (Å²) in [5.41, 5.74) is 2.59. The first-order valence-electron chi connectivity index (χ1n) is 7.72. The highest BCUT2D eigenvalue weighted by molar-refractivity contribution is 5.91. The van der Waals surface area contributed by atoms with Crippen LogP contribution in [0.25, 0.3) is 0 Å². The number of rotatable bonds is 7. The Morgan fingerprint density at radius 3 is 2.29 bits per heavy atom. The molecule has 0 heterocycles. The van der Waals surface area contributed by atoms with Crippen LogP contribution < -0.4 is 10.1 Å². The van der Waals surface area contributed by atoms with E-state index >= 15 is 0 Å². The lowest BCUT2D eigenvalue weighted by molar-refractivity contribution is -0.124. The van der Waals surface area contributed by atoms with Crippen LogP contribution >= 0.6 is 0 Å². The molecular weight excluding hydrogens is 306 g/mol. The molecule has 24 heavy (non-hydrogen) atoms. The molecule has 0 aliphatic carbocycles. The van der Waals surface area contributed by atoms with E-state index in [9.17, 15) is 9.59 Å². The number of amides is 1. The maximum absolute atomic E-state index is 11.8. The largest absolute Gasteiger partial charge is 0.497 e. The van der Waals surface area contributed by atoms with E-state index in [1.807, 2.05) is 43.3 Å². The van der Waals surface area contributed by atoms with Gasteiger partial charge in [-0.05, 0) is 43.2 Å². The van der Waals surface area contributed by atoms with Gasteiger partial charge in [0, 0.05) is 6.54 Å². The lowest BCUT2D eigenvalue weighted by Gasteiger charge is -2.07. The summed E-state index contributed by atoms with van der Waals surface area (Å²) in [6, 6.07) is 14.7. The van der Waals surface area contributed by atoms with Crippen molar-refractivity contribution in [1.82, 2.24) is 5.32 Å². The van der Waals surface area contributed by atoms with Crippen LogP contribution in [0.1, 0.15) is 21.5 Å². The first-order chi connectivity index (χ1) is 11.6. The zero-order valence-electron chi connectivity index (χ0n) is 13.9. The van der Waals surface area contributed by atoms with Crippen LogP contribution in [0.15, 0.2) is 48.5 Å². The van der Waals surface area contributed by atoms with Crippen molar-refractivity contribution in [3.8, 4) is 5.75 Å². The fourth-order valence-electron chi connectivity index (χ4n) is 2.09. The SMILES string of the molecule is COc1ccc(CCNC(=O)COC(=O)c2ccc(C)cc2)cc1. The minimum Gasteiger partial charge on any atom is -0.497 e. The van der Waals surface area contributed by atoms with Crippen molar-refractivity contribution >= 4 is 11.9 Å². The Hall–Kier alpha value is -2.82. The van der Waals surface area contributed by atoms with Crippen molar-refractivity contribution in [2.24, 2.45) is 0 Å². The molecule has 0 fully saturated rings. The Balaban J connectivity index is 1.69. The zero-order chi connectivity index (χ0) is 17.4. The molecule has 0 saturated heterocycles. The molecule has 0 bridgehead atoms. The molecule has 2 aromatic rings. The Bertz CT molecular complexity index is 678. The number of ether oxygens (including phenoxy) is 2. The smallest absolute Gasteiger partial charge is 0.338 e. The third kappa shape index (κ3) is 5.43. The van der Waals surface area contributed by atoms with E-state index in [0.717, 1.165) is 16.9 Å². The van der Waals surface area contributed by atoms with E-state index in [4.69, 9.17) is 9.47 Å². The topological polar surface area (TPSA) is 64.6 Å². The van der Waals surface area contributed by atoms with E-state index < -0.39 is 5.97 Å². The predicted octanol–water partition coefficient (Wildman–Crippen LogP) is 2.52. The number of carbonyl (C=O) groups is 2. The van der Waals surface area contributed by atoms with Crippen LogP contribution in [0.5, 0.6) is 5.75 Å². The van der Waals surface area contributed by atoms with Gasteiger partial charge in [0.2, 0.25) is 0 Å². The number of hydrogen-bond donors (Lipinski definition) is 1. The molecule has 2 aromatic carbocycles. The summed E-state index contributed by atoms with van der Waals surface area (Å²) in [4.78, 5) is 23.5. The van der Waals surface area contributed by atoms with E-state index in [0.29, 0.717) is 18.5 Å². The molecule has 0 aliphatic rings. The van der Waals surface area contributed by atoms with Crippen LogP contribution in [0.3, 0.4) is 0 Å². The van der Waals surface area contributed by atoms with Crippen LogP contribution in [0.2, 0.25) is 0 Å². The lowest BCUT2D eigenvalue weighted by atomic mass is 10.1. The van der Waals surface area contributed by atoms with Gasteiger partial charge in [0.05, 0.1) is 12.7 Å². The van der Waals surface area contributed by atoms with E-state index in [-0.39, 0.29) is 12.5 Å². The summed E-state index contributed by atoms with van der Waals surface area (Å²) in [7, 11) is 1.62. The Morgan fingerprint density at radius 2 is 1.67 bits per heavy atom. The van der Waals surface area contributed by atoms with Crippen molar-refractivity contribution in [2.45, 2.75) is 13.3 Å². The van der Waals surface area contributed by atoms with Crippen molar-refractivity contribution in [3.63, 3.8) is 0 Å². The predicted molar refractivity (Wildman–Crippen MR) is 91.2 cm³/mol. The van der Waals surface area contributed by atoms with Gasteiger partial charge in [-0.3, -0.25) is 4.79 Å². The average Bonchev–Trinajstić information content (AvgIpc) is 2.61. The molecule has 5 nitrogen and oxygen atoms in total. The number of nitrogens with one attached hydrogen (secondary N) is 1. The summed E-state index contributed by atoms with van der Waals surface area (Å²) < 4.78 is 10.1. The van der Waals surface area contributed by atoms with Gasteiger partial charge < -0.3 is 14.8 Å². The fourth-order valence-corrected chi connectivity index (χ4v) is 2.09. The third-order valence-electron chi connectivity index (χ3n) is 3.52. The Labute approximate surface area is 141 Å². The third-order valence-corrected chi connectivity index (χ3v) is 3.52. The standard InChI is InChI=1S/C19H21NO4/c1-14-3-7-16(8-4-14)19(22)24-13-18(21)20-12-11-15-5-9-17(23-2)10-6-15/h3-10H,11-13H2,1-2H3,(H,20,21). The first kappa shape index (κ1) is 17.5. The number of benzene rings is 2. The van der Waals surface area contributed by atoms with Crippen LogP contribution in [-0.2, 0) is 16.0 Å². The van der Waals surface area contributed by atoms with Gasteiger partial charge >= 0.3 is 5.97 Å². The molecule has 0 saturated carbocycles. The molecule has 0 spiro atoms. The highest BCUT2D eigenvalue weighted by atomic mass is 16.5. The fraction of sp³-hybridized carbons (Fsp3) is 0.263. The van der Waals surface area contributed by atoms with Gasteiger partial charge in [-0.2, -0.15) is 0 Å². The van der Waals surface area contributed by atoms with Crippen LogP contribution in [0, 0.1) is 6.92 Å². The van der Waals surface area contributed by atoms with E-state index in [1.54, 1.807) is 19.2 Å². The van der Waals surface area contributed by atoms with Gasteiger partial charge in [0.1, 0.15) is 5.75 Å². The molecule has 0 atom stereocenters. The normalized spacial score (nSPS) is 10.1. The summed E-state index contributed by atoms with van der Waals surface area (Å²) in [6.07, 6.45) is 0.696. The number of hydrogen-bond acceptors (Lipinski definition) is 4. The Kier molecular flexibility index (Phi) is 6.37. The summed E-state index contributed by atoms with van der Waals surface area (Å²) in [5.74, 6) is -0.0184. The van der Waals surface area contributed by atoms with E-state index in [2.05, 4.69) is 5.32 Å². The number of methoxy groups -OCH3 is 1. The van der Waals surface area contributed by atoms with Crippen LogP contribution in [0.4, 0.5) is 0 Å². The van der Waals surface area contributed by atoms with Crippen LogP contribution in [-0.4, -0.2) is 32.1 Å². The van der Waals surface area contributed by atoms with Crippen molar-refractivity contribution in [1.29, 1.82) is 0 Å². The highest BCUT2D eigenvalue weighted by Crippen LogP contribution is 2.11. The average molecular weight is 327 g/mol. The first-order valence-corrected chi connectivity index (χ1v) is 7.72. The molecule has 0 unspecified atom stereocenters. The molecule has 1 amide bonds. The van der Waals surface area contributed by atoms with E-state index in [1.165, 1.54) is 0 Å². The molecule has 5 heteroatoms. The van der Waals surface area contributed by atoms with Gasteiger partial charge in [-0.25, -0.2) is 4.79 Å². The number of esters is 1. The molecule has 0 aromatic heterocycles. The maximum atomic E-state index is 11.8. The van der Waals surface area contributed by atoms with Crippen molar-refractivity contribution in [3.05, 3.63) is 65.2 Å². The minimum atomic E-state index is -0.500. The molecule has 126 valence electrons. The second-order valence-electron chi connectivity index (χ2n) is 5.39. The monoisotopic (exact) mass is 327 g/mol. The molecule has 0 aliphatic heterocycles. The number of carbonyl (C=O) groups excluding carboxylic acids is 2. The summed E-state index contributed by atoms with van der Waals surface area (Å²) in [5, 5.41) is 2.73. The summed E-state index contributed by atoms with van der Waals surface area (Å²) >= 11 is 0. The zero-order valence-corrected chi connectivity index (χ0v) is 13.9. The van der Waals surface area contributed by atoms with Gasteiger partial charge in [-0.15, -0.1) is 0 Å². The van der Waals surface area contributed by atoms with Crippen molar-refractivity contribution < 1.29 is 19.1 Å². The minimum absolute atomic E-state index is 0.282. The number of aryl methyl sites for hydroxylation is 1. The van der Waals surface area contributed by atoms with Gasteiger partial charge in [-0.1, -0.05) is 29.8 Å². The molecule has 1 N–H and O–H groups in total. The quantitative estimate of drug-likeness (QED) is 0.794. The molecule has 0 radical (unpaired) electrons. The second kappa shape index (κ2) is 8.72. The van der Waals surface area contributed by atoms with Gasteiger partial charge in [0.25, 0.3) is 5.91 Å². The van der Waals surface area contributed by atoms with Gasteiger partial charge in [0.15, 0.2) is 6.61 Å². The molecular formula is C19H21NO4. The molecule has 2 rings (SSSR count). The Morgan fingerprint density at radius 1 is 1.00 bits per heavy atom. The highest BCUT2D eigenvalue weighted by Gasteiger charge is 2.09. The maximum Gasteiger partial charge on any atom is 0.338 e. The van der Waals surface area contributed by atoms with Crippen molar-refractivity contribution in [2.75, 3.05) is 20.3 Å². The second-order valence-corrected chi connectivity index (χ2v) is 5.39. The summed E-state index contributed by atoms with van der Waals surface area (Å²) in [6.45, 7) is 2.13.